The summed E-state index contributed by atoms with van der Waals surface area (Å²) in [6, 6.07) is -1.88. The lowest BCUT2D eigenvalue weighted by Crippen LogP contribution is -2.54. The van der Waals surface area contributed by atoms with Crippen molar-refractivity contribution in [2.45, 2.75) is 116 Å². The number of rotatable bonds is 10. The minimum absolute atomic E-state index is 0.0885. The number of carbonyl (C=O) groups is 3. The Morgan fingerprint density at radius 1 is 1.15 bits per heavy atom. The van der Waals surface area contributed by atoms with Crippen LogP contribution in [-0.2, 0) is 19.2 Å². The molecule has 0 aromatic carbocycles. The fraction of sp³-hybridized carbons (Fsp3) is 0.750. The van der Waals surface area contributed by atoms with Gasteiger partial charge in [-0.3, -0.25) is 9.59 Å². The third kappa shape index (κ3) is 5.90. The zero-order valence-corrected chi connectivity index (χ0v) is 25.0. The SMILES string of the molecule is C#CC1(O)CCC2C3CCC4=CC(=NOCC(=O)NC(C)C(=O)NC(CCCC)C(=O)O)CCC4(C)C3CCC21C. The summed E-state index contributed by atoms with van der Waals surface area (Å²) >= 11 is 0. The molecule has 8 unspecified atom stereocenters. The van der Waals surface area contributed by atoms with Crippen LogP contribution in [0.1, 0.15) is 98.3 Å². The van der Waals surface area contributed by atoms with Crippen LogP contribution in [0.15, 0.2) is 16.8 Å². The summed E-state index contributed by atoms with van der Waals surface area (Å²) in [6.07, 6.45) is 17.3. The van der Waals surface area contributed by atoms with Gasteiger partial charge >= 0.3 is 5.97 Å². The van der Waals surface area contributed by atoms with Crippen molar-refractivity contribution in [1.82, 2.24) is 10.6 Å². The van der Waals surface area contributed by atoms with E-state index in [0.29, 0.717) is 37.0 Å². The number of aliphatic carboxylic acids is 1. The molecule has 3 fully saturated rings. The molecular formula is C32H47N3O6. The smallest absolute Gasteiger partial charge is 0.326 e. The molecule has 0 radical (unpaired) electrons. The first-order valence-corrected chi connectivity index (χ1v) is 15.3. The third-order valence-corrected chi connectivity index (χ3v) is 11.0. The summed E-state index contributed by atoms with van der Waals surface area (Å²) < 4.78 is 0. The molecule has 0 bridgehead atoms. The summed E-state index contributed by atoms with van der Waals surface area (Å²) in [5, 5.41) is 29.8. The van der Waals surface area contributed by atoms with E-state index in [0.717, 1.165) is 57.1 Å². The molecule has 3 saturated carbocycles. The van der Waals surface area contributed by atoms with E-state index in [1.807, 2.05) is 6.92 Å². The molecule has 4 N–H and O–H groups in total. The molecule has 0 saturated heterocycles. The number of nitrogens with one attached hydrogen (secondary N) is 2. The van der Waals surface area contributed by atoms with Gasteiger partial charge in [0.1, 0.15) is 17.7 Å². The molecule has 226 valence electrons. The maximum atomic E-state index is 12.4. The topological polar surface area (TPSA) is 137 Å². The first-order valence-electron chi connectivity index (χ1n) is 15.3. The van der Waals surface area contributed by atoms with Crippen molar-refractivity contribution in [3.8, 4) is 12.3 Å². The van der Waals surface area contributed by atoms with Crippen molar-refractivity contribution in [3.63, 3.8) is 0 Å². The van der Waals surface area contributed by atoms with Crippen LogP contribution < -0.4 is 10.6 Å². The molecule has 4 aliphatic rings. The molecule has 9 heteroatoms. The molecule has 4 rings (SSSR count). The highest BCUT2D eigenvalue weighted by Crippen LogP contribution is 2.67. The van der Waals surface area contributed by atoms with Crippen molar-refractivity contribution in [3.05, 3.63) is 11.6 Å². The average Bonchev–Trinajstić information content (AvgIpc) is 3.21. The second-order valence-corrected chi connectivity index (χ2v) is 13.2. The van der Waals surface area contributed by atoms with Gasteiger partial charge in [-0.25, -0.2) is 4.79 Å². The Bertz CT molecular complexity index is 1140. The summed E-state index contributed by atoms with van der Waals surface area (Å²) in [7, 11) is 0. The van der Waals surface area contributed by atoms with Gasteiger partial charge in [-0.05, 0) is 94.0 Å². The van der Waals surface area contributed by atoms with E-state index in [9.17, 15) is 24.6 Å². The molecule has 9 nitrogen and oxygen atoms in total. The largest absolute Gasteiger partial charge is 0.480 e. The number of carbonyl (C=O) groups excluding carboxylic acids is 2. The second-order valence-electron chi connectivity index (χ2n) is 13.2. The van der Waals surface area contributed by atoms with Gasteiger partial charge in [0.15, 0.2) is 6.61 Å². The van der Waals surface area contributed by atoms with Crippen LogP contribution in [0.2, 0.25) is 0 Å². The number of allylic oxidation sites excluding steroid dienone is 2. The number of amides is 2. The van der Waals surface area contributed by atoms with E-state index >= 15 is 0 Å². The zero-order chi connectivity index (χ0) is 30.0. The Labute approximate surface area is 243 Å². The predicted molar refractivity (Wildman–Crippen MR) is 156 cm³/mol. The zero-order valence-electron chi connectivity index (χ0n) is 25.0. The van der Waals surface area contributed by atoms with Crippen molar-refractivity contribution in [2.24, 2.45) is 33.7 Å². The normalized spacial score (nSPS) is 36.4. The van der Waals surface area contributed by atoms with Crippen molar-refractivity contribution in [1.29, 1.82) is 0 Å². The van der Waals surface area contributed by atoms with E-state index in [1.165, 1.54) is 12.5 Å². The number of nitrogens with zero attached hydrogens (tertiary/aromatic N) is 1. The number of fused-ring (bicyclic) bond motifs is 5. The minimum Gasteiger partial charge on any atom is -0.480 e. The Hall–Kier alpha value is -2.86. The van der Waals surface area contributed by atoms with Crippen LogP contribution >= 0.6 is 0 Å². The Morgan fingerprint density at radius 3 is 2.56 bits per heavy atom. The minimum atomic E-state index is -1.09. The van der Waals surface area contributed by atoms with Gasteiger partial charge in [0.2, 0.25) is 5.91 Å². The number of carboxylic acid groups (broad SMARTS) is 1. The van der Waals surface area contributed by atoms with Crippen LogP contribution in [0.3, 0.4) is 0 Å². The molecule has 8 atom stereocenters. The van der Waals surface area contributed by atoms with E-state index in [2.05, 4.69) is 41.6 Å². The quantitative estimate of drug-likeness (QED) is 0.232. The van der Waals surface area contributed by atoms with Crippen LogP contribution in [0.5, 0.6) is 0 Å². The molecule has 2 amide bonds. The standard InChI is InChI=1S/C32H47N3O6/c1-6-8-9-26(29(38)39)34-28(37)20(3)33-27(36)19-41-35-22-12-15-30(4)21(18-22)10-11-23-24(30)13-16-31(5)25(23)14-17-32(31,40)7-2/h2,18,20,23-26,40H,6,8-17,19H2,1,3-5H3,(H,33,36)(H,34,37)(H,38,39). The lowest BCUT2D eigenvalue weighted by molar-refractivity contribution is -0.142. The van der Waals surface area contributed by atoms with Gasteiger partial charge in [-0.2, -0.15) is 0 Å². The number of oxime groups is 1. The molecule has 41 heavy (non-hydrogen) atoms. The number of hydrogen-bond acceptors (Lipinski definition) is 6. The maximum absolute atomic E-state index is 12.4. The van der Waals surface area contributed by atoms with Crippen LogP contribution in [0.4, 0.5) is 0 Å². The van der Waals surface area contributed by atoms with Crippen LogP contribution in [0.25, 0.3) is 0 Å². The van der Waals surface area contributed by atoms with Gasteiger partial charge in [0.05, 0.1) is 5.71 Å². The number of aliphatic hydroxyl groups is 1. The van der Waals surface area contributed by atoms with Crippen molar-refractivity contribution >= 4 is 23.5 Å². The second kappa shape index (κ2) is 12.2. The molecule has 0 heterocycles. The number of hydrogen-bond donors (Lipinski definition) is 4. The Morgan fingerprint density at radius 2 is 1.88 bits per heavy atom. The summed E-state index contributed by atoms with van der Waals surface area (Å²) in [5.74, 6) is 2.19. The molecular weight excluding hydrogens is 522 g/mol. The van der Waals surface area contributed by atoms with Crippen molar-refractivity contribution in [2.75, 3.05) is 6.61 Å². The molecule has 0 aromatic rings. The van der Waals surface area contributed by atoms with E-state index < -0.39 is 35.5 Å². The number of carboxylic acids is 1. The predicted octanol–water partition coefficient (Wildman–Crippen LogP) is 3.95. The molecule has 0 spiro atoms. The lowest BCUT2D eigenvalue weighted by Gasteiger charge is -2.58. The number of terminal acetylenes is 1. The highest BCUT2D eigenvalue weighted by Gasteiger charge is 2.63. The van der Waals surface area contributed by atoms with Crippen LogP contribution in [-0.4, -0.2) is 58.0 Å². The fourth-order valence-electron chi connectivity index (χ4n) is 8.38. The summed E-state index contributed by atoms with van der Waals surface area (Å²) in [5.41, 5.74) is 1.10. The van der Waals surface area contributed by atoms with E-state index in [4.69, 9.17) is 11.3 Å². The molecule has 0 aliphatic heterocycles. The van der Waals surface area contributed by atoms with Gasteiger partial charge in [-0.1, -0.05) is 50.3 Å². The maximum Gasteiger partial charge on any atom is 0.326 e. The Kier molecular flexibility index (Phi) is 9.22. The highest BCUT2D eigenvalue weighted by atomic mass is 16.6. The fourth-order valence-corrected chi connectivity index (χ4v) is 8.38. The lowest BCUT2D eigenvalue weighted by atomic mass is 9.46. The monoisotopic (exact) mass is 569 g/mol. The van der Waals surface area contributed by atoms with Crippen LogP contribution in [0, 0.1) is 40.9 Å². The Balaban J connectivity index is 1.31. The first kappa shape index (κ1) is 31.1. The third-order valence-electron chi connectivity index (χ3n) is 11.0. The van der Waals surface area contributed by atoms with Gasteiger partial charge < -0.3 is 25.7 Å². The van der Waals surface area contributed by atoms with Crippen molar-refractivity contribution < 1.29 is 29.4 Å². The average molecular weight is 570 g/mol. The summed E-state index contributed by atoms with van der Waals surface area (Å²) in [4.78, 5) is 41.5. The molecule has 0 aromatic heterocycles. The van der Waals surface area contributed by atoms with Gasteiger partial charge in [0.25, 0.3) is 5.91 Å². The summed E-state index contributed by atoms with van der Waals surface area (Å²) in [6.45, 7) is 7.72. The van der Waals surface area contributed by atoms with Gasteiger partial charge in [0, 0.05) is 5.41 Å². The highest BCUT2D eigenvalue weighted by molar-refractivity contribution is 5.96. The van der Waals surface area contributed by atoms with E-state index in [-0.39, 0.29) is 17.4 Å². The van der Waals surface area contributed by atoms with E-state index in [1.54, 1.807) is 0 Å². The first-order chi connectivity index (χ1) is 19.4. The van der Waals surface area contributed by atoms with Gasteiger partial charge in [-0.15, -0.1) is 6.42 Å². The molecule has 4 aliphatic carbocycles. The number of unbranched alkanes of at least 4 members (excludes halogenated alkanes) is 1.